The lowest BCUT2D eigenvalue weighted by atomic mass is 10.2. The molecule has 1 aliphatic heterocycles. The van der Waals surface area contributed by atoms with Crippen LogP contribution in [-0.4, -0.2) is 48.3 Å². The summed E-state index contributed by atoms with van der Waals surface area (Å²) in [6.45, 7) is 1.87. The maximum Gasteiger partial charge on any atom is 0.374 e. The number of carbonyl (C=O) groups excluding carboxylic acids is 3. The second-order valence-electron chi connectivity index (χ2n) is 5.68. The van der Waals surface area contributed by atoms with Crippen LogP contribution in [0.1, 0.15) is 17.5 Å². The van der Waals surface area contributed by atoms with Crippen molar-refractivity contribution in [3.63, 3.8) is 0 Å². The van der Waals surface area contributed by atoms with Crippen LogP contribution in [0.3, 0.4) is 0 Å². The zero-order valence-electron chi connectivity index (χ0n) is 15.0. The fourth-order valence-electron chi connectivity index (χ4n) is 2.56. The highest BCUT2D eigenvalue weighted by molar-refractivity contribution is 8.04. The van der Waals surface area contributed by atoms with Crippen molar-refractivity contribution in [1.82, 2.24) is 4.90 Å². The first kappa shape index (κ1) is 19.7. The van der Waals surface area contributed by atoms with E-state index in [4.69, 9.17) is 13.9 Å². The van der Waals surface area contributed by atoms with E-state index in [1.54, 1.807) is 31.2 Å². The van der Waals surface area contributed by atoms with Gasteiger partial charge in [0.25, 0.3) is 0 Å². The molecule has 2 aromatic rings. The van der Waals surface area contributed by atoms with Crippen molar-refractivity contribution < 1.29 is 28.3 Å². The first-order valence-electron chi connectivity index (χ1n) is 8.51. The van der Waals surface area contributed by atoms with E-state index >= 15 is 0 Å². The summed E-state index contributed by atoms with van der Waals surface area (Å²) in [4.78, 5) is 49.1. The Labute approximate surface area is 164 Å². The van der Waals surface area contributed by atoms with Crippen LogP contribution in [0.2, 0.25) is 0 Å². The van der Waals surface area contributed by atoms with Crippen molar-refractivity contribution in [3.05, 3.63) is 57.4 Å². The van der Waals surface area contributed by atoms with E-state index in [0.29, 0.717) is 10.4 Å². The van der Waals surface area contributed by atoms with Gasteiger partial charge in [-0.05, 0) is 19.1 Å². The molecule has 1 amide bonds. The number of benzene rings is 1. The molecule has 0 saturated carbocycles. The largest absolute Gasteiger partial charge is 0.463 e. The van der Waals surface area contributed by atoms with Gasteiger partial charge < -0.3 is 18.8 Å². The maximum absolute atomic E-state index is 12.2. The molecule has 1 aromatic heterocycles. The van der Waals surface area contributed by atoms with E-state index in [1.807, 2.05) is 0 Å². The number of para-hydroxylation sites is 1. The van der Waals surface area contributed by atoms with E-state index in [1.165, 1.54) is 22.7 Å². The monoisotopic (exact) mass is 403 g/mol. The Morgan fingerprint density at radius 3 is 2.82 bits per heavy atom. The molecule has 3 rings (SSSR count). The summed E-state index contributed by atoms with van der Waals surface area (Å²) in [6.07, 6.45) is 1.24. The van der Waals surface area contributed by atoms with Crippen LogP contribution in [0.25, 0.3) is 11.0 Å². The summed E-state index contributed by atoms with van der Waals surface area (Å²) in [5, 5.41) is 0.809. The van der Waals surface area contributed by atoms with E-state index in [0.717, 1.165) is 6.07 Å². The van der Waals surface area contributed by atoms with E-state index < -0.39 is 11.9 Å². The molecule has 146 valence electrons. The average molecular weight is 403 g/mol. The molecule has 8 nitrogen and oxygen atoms in total. The van der Waals surface area contributed by atoms with Crippen molar-refractivity contribution in [2.45, 2.75) is 6.92 Å². The van der Waals surface area contributed by atoms with E-state index in [9.17, 15) is 19.2 Å². The highest BCUT2D eigenvalue weighted by Crippen LogP contribution is 2.28. The van der Waals surface area contributed by atoms with Gasteiger partial charge in [0.2, 0.25) is 11.7 Å². The number of esters is 2. The van der Waals surface area contributed by atoms with Crippen molar-refractivity contribution in [2.24, 2.45) is 0 Å². The predicted molar refractivity (Wildman–Crippen MR) is 102 cm³/mol. The molecule has 1 aliphatic rings. The van der Waals surface area contributed by atoms with Gasteiger partial charge in [-0.3, -0.25) is 9.59 Å². The Bertz CT molecular complexity index is 1010. The van der Waals surface area contributed by atoms with Gasteiger partial charge in [-0.15, -0.1) is 0 Å². The number of hydrogen-bond donors (Lipinski definition) is 0. The van der Waals surface area contributed by atoms with Gasteiger partial charge in [-0.1, -0.05) is 23.9 Å². The molecule has 2 heterocycles. The molecule has 1 saturated heterocycles. The minimum absolute atomic E-state index is 0.0701. The van der Waals surface area contributed by atoms with Crippen LogP contribution < -0.4 is 5.43 Å². The lowest BCUT2D eigenvalue weighted by Crippen LogP contribution is -2.29. The quantitative estimate of drug-likeness (QED) is 0.532. The van der Waals surface area contributed by atoms with Crippen LogP contribution in [-0.2, 0) is 19.1 Å². The third-order valence-corrected chi connectivity index (χ3v) is 4.85. The number of carbonyl (C=O) groups is 3. The van der Waals surface area contributed by atoms with Gasteiger partial charge in [-0.2, -0.15) is 0 Å². The average Bonchev–Trinajstić information content (AvgIpc) is 3.01. The molecule has 0 spiro atoms. The molecule has 1 fully saturated rings. The van der Waals surface area contributed by atoms with Crippen molar-refractivity contribution in [2.75, 3.05) is 25.5 Å². The Balaban J connectivity index is 1.64. The molecular formula is C19H17NO7S. The number of thioether (sulfide) groups is 1. The molecule has 28 heavy (non-hydrogen) atoms. The summed E-state index contributed by atoms with van der Waals surface area (Å²) in [7, 11) is 0. The number of fused-ring (bicyclic) bond motifs is 1. The molecule has 1 aromatic carbocycles. The van der Waals surface area contributed by atoms with Gasteiger partial charge in [0.05, 0.1) is 35.4 Å². The summed E-state index contributed by atoms with van der Waals surface area (Å²) in [6, 6.07) is 7.65. The molecule has 9 heteroatoms. The van der Waals surface area contributed by atoms with Crippen LogP contribution in [0, 0.1) is 0 Å². The molecule has 0 N–H and O–H groups in total. The van der Waals surface area contributed by atoms with Gasteiger partial charge in [0.15, 0.2) is 5.43 Å². The van der Waals surface area contributed by atoms with E-state index in [2.05, 4.69) is 0 Å². The molecular weight excluding hydrogens is 386 g/mol. The molecule has 0 radical (unpaired) electrons. The minimum Gasteiger partial charge on any atom is -0.463 e. The Morgan fingerprint density at radius 2 is 2.04 bits per heavy atom. The number of amides is 1. The smallest absolute Gasteiger partial charge is 0.374 e. The molecule has 0 aliphatic carbocycles. The fourth-order valence-corrected chi connectivity index (χ4v) is 3.51. The number of hydrogen-bond acceptors (Lipinski definition) is 8. The molecule has 0 bridgehead atoms. The topological polar surface area (TPSA) is 103 Å². The highest BCUT2D eigenvalue weighted by Gasteiger charge is 2.27. The Kier molecular flexibility index (Phi) is 6.15. The van der Waals surface area contributed by atoms with Crippen LogP contribution in [0.15, 0.2) is 50.6 Å². The van der Waals surface area contributed by atoms with Gasteiger partial charge >= 0.3 is 11.9 Å². The Morgan fingerprint density at radius 1 is 1.25 bits per heavy atom. The maximum atomic E-state index is 12.2. The van der Waals surface area contributed by atoms with Crippen LogP contribution >= 0.6 is 11.8 Å². The fraction of sp³-hybridized carbons (Fsp3) is 0.263. The number of ether oxygens (including phenoxy) is 2. The third-order valence-electron chi connectivity index (χ3n) is 3.82. The predicted octanol–water partition coefficient (Wildman–Crippen LogP) is 1.93. The third kappa shape index (κ3) is 4.42. The highest BCUT2D eigenvalue weighted by atomic mass is 32.2. The zero-order valence-corrected chi connectivity index (χ0v) is 15.8. The zero-order chi connectivity index (χ0) is 20.1. The number of rotatable bonds is 6. The Hall–Kier alpha value is -3.07. The van der Waals surface area contributed by atoms with Crippen molar-refractivity contribution in [1.29, 1.82) is 0 Å². The second-order valence-corrected chi connectivity index (χ2v) is 6.67. The van der Waals surface area contributed by atoms with E-state index in [-0.39, 0.29) is 48.2 Å². The van der Waals surface area contributed by atoms with Gasteiger partial charge in [-0.25, -0.2) is 9.59 Å². The van der Waals surface area contributed by atoms with Gasteiger partial charge in [0.1, 0.15) is 12.2 Å². The van der Waals surface area contributed by atoms with Crippen molar-refractivity contribution >= 4 is 40.6 Å². The first-order chi connectivity index (χ1) is 13.5. The minimum atomic E-state index is -0.807. The summed E-state index contributed by atoms with van der Waals surface area (Å²) >= 11 is 1.21. The number of nitrogens with zero attached hydrogens (tertiary/aromatic N) is 1. The van der Waals surface area contributed by atoms with Gasteiger partial charge in [0, 0.05) is 6.07 Å². The van der Waals surface area contributed by atoms with Crippen molar-refractivity contribution in [3.8, 4) is 0 Å². The summed E-state index contributed by atoms with van der Waals surface area (Å²) in [5.74, 6) is -1.57. The summed E-state index contributed by atoms with van der Waals surface area (Å²) < 4.78 is 15.4. The standard InChI is InChI=1S/C19H17NO7S/c1-2-25-18(23)10-17-20(16(22)11-28-17)7-8-26-19(24)15-9-13(21)12-5-3-4-6-14(12)27-15/h3-6,9-10H,2,7-8,11H2,1H3/b17-10-. The normalized spacial score (nSPS) is 15.2. The SMILES string of the molecule is CCOC(=O)/C=C1\SCC(=O)N1CCOC(=O)c1cc(=O)c2ccccc2o1. The lowest BCUT2D eigenvalue weighted by molar-refractivity contribution is -0.137. The van der Waals surface area contributed by atoms with Crippen LogP contribution in [0.5, 0.6) is 0 Å². The second kappa shape index (κ2) is 8.75. The first-order valence-corrected chi connectivity index (χ1v) is 9.49. The summed E-state index contributed by atoms with van der Waals surface area (Å²) in [5.41, 5.74) is -0.0627. The van der Waals surface area contributed by atoms with Crippen LogP contribution in [0.4, 0.5) is 0 Å². The lowest BCUT2D eigenvalue weighted by Gasteiger charge is -2.16. The molecule has 0 unspecified atom stereocenters. The molecule has 0 atom stereocenters.